The van der Waals surface area contributed by atoms with Crippen molar-refractivity contribution in [2.75, 3.05) is 0 Å². The average molecular weight is 396 g/mol. The molecule has 6 heteroatoms. The van der Waals surface area contributed by atoms with Crippen LogP contribution in [0.2, 0.25) is 0 Å². The molecule has 3 heterocycles. The number of hydrogen-bond acceptors (Lipinski definition) is 5. The second kappa shape index (κ2) is 7.37. The van der Waals surface area contributed by atoms with Crippen molar-refractivity contribution in [3.8, 4) is 16.1 Å². The molecule has 4 aromatic rings. The van der Waals surface area contributed by atoms with Crippen LogP contribution in [0.3, 0.4) is 0 Å². The maximum absolute atomic E-state index is 13.3. The first-order chi connectivity index (χ1) is 12.7. The minimum atomic E-state index is -0.180. The molecule has 3 aromatic heterocycles. The smallest absolute Gasteiger partial charge is 0.276 e. The van der Waals surface area contributed by atoms with Crippen molar-refractivity contribution in [3.05, 3.63) is 91.2 Å². The molecule has 0 N–H and O–H groups in total. The molecule has 3 nitrogen and oxygen atoms in total. The maximum atomic E-state index is 13.3. The van der Waals surface area contributed by atoms with E-state index in [1.54, 1.807) is 11.3 Å². The maximum Gasteiger partial charge on any atom is 0.276 e. The number of thiophene rings is 2. The Morgan fingerprint density at radius 2 is 1.69 bits per heavy atom. The number of para-hydroxylation sites is 1. The molecule has 0 radical (unpaired) electrons. The Balaban J connectivity index is 1.95. The van der Waals surface area contributed by atoms with Crippen molar-refractivity contribution in [3.63, 3.8) is 0 Å². The van der Waals surface area contributed by atoms with Crippen molar-refractivity contribution in [1.29, 1.82) is 0 Å². The van der Waals surface area contributed by atoms with Gasteiger partial charge in [-0.25, -0.2) is 4.57 Å². The van der Waals surface area contributed by atoms with Gasteiger partial charge in [-0.2, -0.15) is 0 Å². The molecule has 0 amide bonds. The van der Waals surface area contributed by atoms with E-state index in [-0.39, 0.29) is 10.4 Å². The van der Waals surface area contributed by atoms with Gasteiger partial charge in [-0.05, 0) is 59.4 Å². The Kier molecular flexibility index (Phi) is 4.79. The molecule has 128 valence electrons. The molecule has 1 aromatic carbocycles. The van der Waals surface area contributed by atoms with Gasteiger partial charge in [0, 0.05) is 9.75 Å². The molecule has 0 aliphatic rings. The van der Waals surface area contributed by atoms with Gasteiger partial charge in [-0.1, -0.05) is 30.3 Å². The van der Waals surface area contributed by atoms with Crippen LogP contribution in [-0.4, -0.2) is 4.57 Å². The minimum Gasteiger partial charge on any atom is -0.430 e. The minimum absolute atomic E-state index is 0.132. The highest BCUT2D eigenvalue weighted by Gasteiger charge is 2.17. The van der Waals surface area contributed by atoms with Gasteiger partial charge in [0.05, 0.1) is 5.69 Å². The highest BCUT2D eigenvalue weighted by Crippen LogP contribution is 2.27. The van der Waals surface area contributed by atoms with E-state index in [1.165, 1.54) is 15.9 Å². The third-order valence-corrected chi connectivity index (χ3v) is 5.76. The summed E-state index contributed by atoms with van der Waals surface area (Å²) in [5, 5.41) is 3.94. The van der Waals surface area contributed by atoms with Gasteiger partial charge in [0.1, 0.15) is 11.3 Å². The van der Waals surface area contributed by atoms with Crippen molar-refractivity contribution < 1.29 is 4.42 Å². The summed E-state index contributed by atoms with van der Waals surface area (Å²) in [7, 11) is 0. The largest absolute Gasteiger partial charge is 0.430 e. The second-order valence-electron chi connectivity index (χ2n) is 5.41. The number of nitrogens with zero attached hydrogens (tertiary/aromatic N) is 1. The van der Waals surface area contributed by atoms with Crippen LogP contribution in [0.4, 0.5) is 0 Å². The first-order valence-corrected chi connectivity index (χ1v) is 10.0. The Labute approximate surface area is 163 Å². The number of aromatic nitrogens is 1. The Morgan fingerprint density at radius 3 is 2.38 bits per heavy atom. The fraction of sp³-hybridized carbons (Fsp3) is 0. The molecular weight excluding hydrogens is 382 g/mol. The van der Waals surface area contributed by atoms with Gasteiger partial charge in [0.15, 0.2) is 0 Å². The van der Waals surface area contributed by atoms with Crippen LogP contribution in [0.15, 0.2) is 74.6 Å². The van der Waals surface area contributed by atoms with E-state index in [0.29, 0.717) is 17.0 Å². The molecule has 0 bridgehead atoms. The van der Waals surface area contributed by atoms with Gasteiger partial charge in [0.25, 0.3) is 10.4 Å². The Morgan fingerprint density at radius 1 is 0.923 bits per heavy atom. The summed E-state index contributed by atoms with van der Waals surface area (Å²) in [6.07, 6.45) is 3.75. The Bertz CT molecular complexity index is 1150. The molecule has 0 saturated carbocycles. The van der Waals surface area contributed by atoms with E-state index in [1.807, 2.05) is 77.5 Å². The number of benzene rings is 1. The quantitative estimate of drug-likeness (QED) is 0.390. The second-order valence-corrected chi connectivity index (χ2v) is 7.69. The van der Waals surface area contributed by atoms with E-state index >= 15 is 0 Å². The van der Waals surface area contributed by atoms with Crippen molar-refractivity contribution >= 4 is 47.0 Å². The molecule has 0 aliphatic heterocycles. The van der Waals surface area contributed by atoms with Crippen LogP contribution >= 0.6 is 34.9 Å². The summed E-state index contributed by atoms with van der Waals surface area (Å²) in [4.78, 5) is 15.3. The molecule has 0 unspecified atom stereocenters. The third kappa shape index (κ3) is 3.26. The van der Waals surface area contributed by atoms with Gasteiger partial charge >= 0.3 is 0 Å². The van der Waals surface area contributed by atoms with E-state index < -0.39 is 0 Å². The molecule has 0 atom stereocenters. The zero-order valence-electron chi connectivity index (χ0n) is 13.5. The molecule has 26 heavy (non-hydrogen) atoms. The molecule has 0 spiro atoms. The molecular formula is C20H13NO2S3. The van der Waals surface area contributed by atoms with Crippen LogP contribution in [0.5, 0.6) is 0 Å². The van der Waals surface area contributed by atoms with Crippen LogP contribution in [0.1, 0.15) is 10.6 Å². The summed E-state index contributed by atoms with van der Waals surface area (Å²) >= 11 is 8.50. The van der Waals surface area contributed by atoms with Crippen LogP contribution in [0.25, 0.3) is 28.3 Å². The molecule has 4 rings (SSSR count). The lowest BCUT2D eigenvalue weighted by Gasteiger charge is -2.09. The van der Waals surface area contributed by atoms with Gasteiger partial charge in [-0.3, -0.25) is 4.79 Å². The summed E-state index contributed by atoms with van der Waals surface area (Å²) in [5.41, 5.74) is 1.03. The fourth-order valence-corrected chi connectivity index (χ4v) is 4.26. The van der Waals surface area contributed by atoms with E-state index in [2.05, 4.69) is 0 Å². The van der Waals surface area contributed by atoms with Gasteiger partial charge < -0.3 is 4.42 Å². The first-order valence-electron chi connectivity index (χ1n) is 7.85. The zero-order valence-corrected chi connectivity index (χ0v) is 15.9. The van der Waals surface area contributed by atoms with Crippen molar-refractivity contribution in [1.82, 2.24) is 4.57 Å². The van der Waals surface area contributed by atoms with Crippen LogP contribution < -0.4 is 5.56 Å². The summed E-state index contributed by atoms with van der Waals surface area (Å²) in [5.74, 6) is 0.475. The summed E-state index contributed by atoms with van der Waals surface area (Å²) < 4.78 is 7.34. The summed E-state index contributed by atoms with van der Waals surface area (Å²) in [6, 6.07) is 17.1. The average Bonchev–Trinajstić information content (AvgIpc) is 3.34. The normalized spacial score (nSPS) is 11.2. The summed E-state index contributed by atoms with van der Waals surface area (Å²) in [6.45, 7) is 0. The van der Waals surface area contributed by atoms with Crippen molar-refractivity contribution in [2.45, 2.75) is 0 Å². The molecule has 0 aliphatic carbocycles. The first kappa shape index (κ1) is 16.9. The van der Waals surface area contributed by atoms with Crippen LogP contribution in [-0.2, 0) is 0 Å². The number of hydrogen-bond donors (Lipinski definition) is 0. The highest BCUT2D eigenvalue weighted by atomic mass is 32.1. The lowest BCUT2D eigenvalue weighted by molar-refractivity contribution is 0.480. The predicted molar refractivity (Wildman–Crippen MR) is 112 cm³/mol. The SMILES string of the molecule is O=c1c(-c2cccs2)c(/C=C/c2cccs2)oc(=S)n1-c1ccccc1. The van der Waals surface area contributed by atoms with E-state index in [4.69, 9.17) is 16.6 Å². The lowest BCUT2D eigenvalue weighted by Crippen LogP contribution is -2.21. The van der Waals surface area contributed by atoms with Crippen molar-refractivity contribution in [2.24, 2.45) is 0 Å². The van der Waals surface area contributed by atoms with E-state index in [0.717, 1.165) is 9.75 Å². The lowest BCUT2D eigenvalue weighted by atomic mass is 10.2. The zero-order chi connectivity index (χ0) is 17.9. The highest BCUT2D eigenvalue weighted by molar-refractivity contribution is 7.71. The van der Waals surface area contributed by atoms with Gasteiger partial charge in [-0.15, -0.1) is 22.7 Å². The fourth-order valence-electron chi connectivity index (χ4n) is 2.60. The molecule has 0 saturated heterocycles. The predicted octanol–water partition coefficient (Wildman–Crippen LogP) is 6.12. The number of rotatable bonds is 4. The third-order valence-electron chi connectivity index (χ3n) is 3.77. The standard InChI is InChI=1S/C20H13NO2S3/c22-19-18(17-9-5-13-26-17)16(11-10-15-8-4-12-25-15)23-20(24)21(19)14-6-2-1-3-7-14/h1-13H/b11-10+. The monoisotopic (exact) mass is 395 g/mol. The topological polar surface area (TPSA) is 35.1 Å². The Hall–Kier alpha value is -2.54. The molecule has 0 fully saturated rings. The van der Waals surface area contributed by atoms with E-state index in [9.17, 15) is 4.79 Å². The van der Waals surface area contributed by atoms with Crippen LogP contribution in [0, 0.1) is 4.84 Å². The van der Waals surface area contributed by atoms with Gasteiger partial charge in [0.2, 0.25) is 0 Å².